The smallest absolute Gasteiger partial charge is 0.220 e. The van der Waals surface area contributed by atoms with Gasteiger partial charge < -0.3 is 10.5 Å². The van der Waals surface area contributed by atoms with E-state index in [0.29, 0.717) is 24.2 Å². The first-order valence-corrected chi connectivity index (χ1v) is 7.45. The van der Waals surface area contributed by atoms with Crippen molar-refractivity contribution in [2.45, 2.75) is 18.0 Å². The number of hydrogen-bond donors (Lipinski definition) is 1. The number of thioether (sulfide) groups is 1. The molecular weight excluding hydrogens is 280 g/mol. The number of ether oxygens (including phenoxy) is 1. The Hall–Kier alpha value is -1.23. The minimum absolute atomic E-state index is 0.379. The van der Waals surface area contributed by atoms with Crippen LogP contribution in [0, 0.1) is 0 Å². The Morgan fingerprint density at radius 3 is 2.68 bits per heavy atom. The van der Waals surface area contributed by atoms with Crippen LogP contribution in [0.25, 0.3) is 0 Å². The molecule has 2 rings (SSSR count). The molecule has 2 N–H and O–H groups in total. The fraction of sp³-hybridized carbons (Fsp3) is 0.214. The predicted molar refractivity (Wildman–Crippen MR) is 79.7 cm³/mol. The average molecular weight is 295 g/mol. The van der Waals surface area contributed by atoms with Gasteiger partial charge in [0, 0.05) is 17.0 Å². The minimum Gasteiger partial charge on any atom is -0.472 e. The number of benzene rings is 1. The van der Waals surface area contributed by atoms with Gasteiger partial charge in [-0.05, 0) is 17.9 Å². The monoisotopic (exact) mass is 294 g/mol. The quantitative estimate of drug-likeness (QED) is 0.677. The van der Waals surface area contributed by atoms with E-state index in [0.717, 1.165) is 16.0 Å². The first-order valence-electron chi connectivity index (χ1n) is 5.84. The Morgan fingerprint density at radius 2 is 2.05 bits per heavy atom. The average Bonchev–Trinajstić information content (AvgIpc) is 2.45. The van der Waals surface area contributed by atoms with E-state index in [4.69, 9.17) is 22.1 Å². The first-order chi connectivity index (χ1) is 9.24. The Morgan fingerprint density at radius 1 is 1.32 bits per heavy atom. The topological polar surface area (TPSA) is 48.1 Å². The van der Waals surface area contributed by atoms with Gasteiger partial charge in [0.05, 0.1) is 0 Å². The second-order valence-electron chi connectivity index (χ2n) is 3.91. The lowest BCUT2D eigenvalue weighted by Gasteiger charge is -2.13. The number of pyridine rings is 1. The number of halogens is 1. The minimum atomic E-state index is 0.379. The molecule has 19 heavy (non-hydrogen) atoms. The molecule has 0 unspecified atom stereocenters. The zero-order chi connectivity index (χ0) is 13.7. The molecule has 100 valence electrons. The number of rotatable bonds is 5. The van der Waals surface area contributed by atoms with E-state index in [2.05, 4.69) is 4.98 Å². The summed E-state index contributed by atoms with van der Waals surface area (Å²) in [4.78, 5) is 5.22. The van der Waals surface area contributed by atoms with E-state index in [1.54, 1.807) is 11.8 Å². The van der Waals surface area contributed by atoms with Crippen LogP contribution in [-0.2, 0) is 13.2 Å². The molecule has 0 aliphatic heterocycles. The van der Waals surface area contributed by atoms with E-state index in [9.17, 15) is 0 Å². The van der Waals surface area contributed by atoms with Crippen LogP contribution in [-0.4, -0.2) is 11.2 Å². The number of nitrogens with zero attached hydrogens (tertiary/aromatic N) is 1. The van der Waals surface area contributed by atoms with Gasteiger partial charge in [0.2, 0.25) is 5.88 Å². The summed E-state index contributed by atoms with van der Waals surface area (Å²) >= 11 is 7.58. The molecule has 2 aromatic rings. The lowest BCUT2D eigenvalue weighted by Crippen LogP contribution is -2.06. The van der Waals surface area contributed by atoms with Crippen molar-refractivity contribution in [3.8, 4) is 5.88 Å². The van der Waals surface area contributed by atoms with Crippen molar-refractivity contribution in [3.05, 3.63) is 52.7 Å². The second kappa shape index (κ2) is 6.80. The molecule has 0 aliphatic rings. The van der Waals surface area contributed by atoms with Crippen molar-refractivity contribution in [2.24, 2.45) is 5.73 Å². The molecular formula is C14H15ClN2OS. The summed E-state index contributed by atoms with van der Waals surface area (Å²) in [5.41, 5.74) is 7.75. The highest BCUT2D eigenvalue weighted by Crippen LogP contribution is 2.30. The van der Waals surface area contributed by atoms with Crippen molar-refractivity contribution < 1.29 is 4.74 Å². The van der Waals surface area contributed by atoms with Gasteiger partial charge in [-0.15, -0.1) is 11.8 Å². The zero-order valence-electron chi connectivity index (χ0n) is 10.6. The molecule has 0 aliphatic carbocycles. The fourth-order valence-electron chi connectivity index (χ4n) is 1.71. The van der Waals surface area contributed by atoms with Crippen molar-refractivity contribution in [3.63, 3.8) is 0 Å². The number of aromatic nitrogens is 1. The highest BCUT2D eigenvalue weighted by molar-refractivity contribution is 7.98. The SMILES string of the molecule is CSc1cc(Cl)nc(OCc2ccccc2)c1CN. The Balaban J connectivity index is 2.22. The summed E-state index contributed by atoms with van der Waals surface area (Å²) in [6.07, 6.45) is 1.98. The standard InChI is InChI=1S/C14H15ClN2OS/c1-19-12-7-13(15)17-14(11(12)8-16)18-9-10-5-3-2-4-6-10/h2-7H,8-9,16H2,1H3. The van der Waals surface area contributed by atoms with Crippen LogP contribution < -0.4 is 10.5 Å². The lowest BCUT2D eigenvalue weighted by molar-refractivity contribution is 0.289. The van der Waals surface area contributed by atoms with Crippen LogP contribution in [0.3, 0.4) is 0 Å². The number of hydrogen-bond acceptors (Lipinski definition) is 4. The van der Waals surface area contributed by atoms with Crippen LogP contribution >= 0.6 is 23.4 Å². The summed E-state index contributed by atoms with van der Waals surface area (Å²) in [5.74, 6) is 0.517. The van der Waals surface area contributed by atoms with Gasteiger partial charge >= 0.3 is 0 Å². The van der Waals surface area contributed by atoms with Crippen molar-refractivity contribution in [1.29, 1.82) is 0 Å². The van der Waals surface area contributed by atoms with Gasteiger partial charge in [0.1, 0.15) is 11.8 Å². The molecule has 1 heterocycles. The highest BCUT2D eigenvalue weighted by atomic mass is 35.5. The lowest BCUT2D eigenvalue weighted by atomic mass is 10.2. The molecule has 5 heteroatoms. The summed E-state index contributed by atoms with van der Waals surface area (Å²) in [6, 6.07) is 11.7. The third-order valence-corrected chi connectivity index (χ3v) is 3.65. The van der Waals surface area contributed by atoms with Crippen molar-refractivity contribution in [2.75, 3.05) is 6.26 Å². The third kappa shape index (κ3) is 3.62. The maximum atomic E-state index is 5.99. The normalized spacial score (nSPS) is 10.5. The van der Waals surface area contributed by atoms with E-state index in [1.807, 2.05) is 42.7 Å². The van der Waals surface area contributed by atoms with Crippen LogP contribution in [0.2, 0.25) is 5.15 Å². The molecule has 0 atom stereocenters. The predicted octanol–water partition coefficient (Wildman–Crippen LogP) is 3.49. The van der Waals surface area contributed by atoms with Gasteiger partial charge in [-0.3, -0.25) is 0 Å². The molecule has 0 spiro atoms. The van der Waals surface area contributed by atoms with E-state index < -0.39 is 0 Å². The fourth-order valence-corrected chi connectivity index (χ4v) is 2.61. The Bertz CT molecular complexity index is 549. The van der Waals surface area contributed by atoms with E-state index in [1.165, 1.54) is 0 Å². The summed E-state index contributed by atoms with van der Waals surface area (Å²) in [5, 5.41) is 0.421. The molecule has 0 fully saturated rings. The molecule has 0 saturated carbocycles. The van der Waals surface area contributed by atoms with Crippen molar-refractivity contribution in [1.82, 2.24) is 4.98 Å². The third-order valence-electron chi connectivity index (χ3n) is 2.66. The van der Waals surface area contributed by atoms with Gasteiger partial charge in [0.15, 0.2) is 0 Å². The second-order valence-corrected chi connectivity index (χ2v) is 5.14. The van der Waals surface area contributed by atoms with Crippen LogP contribution in [0.1, 0.15) is 11.1 Å². The summed E-state index contributed by atoms with van der Waals surface area (Å²) in [6.45, 7) is 0.833. The summed E-state index contributed by atoms with van der Waals surface area (Å²) < 4.78 is 5.75. The molecule has 0 saturated heterocycles. The Kier molecular flexibility index (Phi) is 5.07. The van der Waals surface area contributed by atoms with E-state index >= 15 is 0 Å². The largest absolute Gasteiger partial charge is 0.472 e. The maximum absolute atomic E-state index is 5.99. The van der Waals surface area contributed by atoms with Crippen LogP contribution in [0.15, 0.2) is 41.3 Å². The molecule has 0 bridgehead atoms. The molecule has 0 radical (unpaired) electrons. The molecule has 3 nitrogen and oxygen atoms in total. The molecule has 1 aromatic heterocycles. The summed E-state index contributed by atoms with van der Waals surface area (Å²) in [7, 11) is 0. The van der Waals surface area contributed by atoms with Crippen molar-refractivity contribution >= 4 is 23.4 Å². The van der Waals surface area contributed by atoms with Crippen LogP contribution in [0.5, 0.6) is 5.88 Å². The van der Waals surface area contributed by atoms with Gasteiger partial charge in [-0.25, -0.2) is 4.98 Å². The Labute approximate surface area is 122 Å². The highest BCUT2D eigenvalue weighted by Gasteiger charge is 2.11. The van der Waals surface area contributed by atoms with E-state index in [-0.39, 0.29) is 0 Å². The molecule has 0 amide bonds. The molecule has 1 aromatic carbocycles. The van der Waals surface area contributed by atoms with Crippen LogP contribution in [0.4, 0.5) is 0 Å². The first kappa shape index (κ1) is 14.2. The van der Waals surface area contributed by atoms with Gasteiger partial charge in [-0.2, -0.15) is 0 Å². The zero-order valence-corrected chi connectivity index (χ0v) is 12.2. The van der Waals surface area contributed by atoms with Gasteiger partial charge in [0.25, 0.3) is 0 Å². The maximum Gasteiger partial charge on any atom is 0.220 e. The number of nitrogens with two attached hydrogens (primary N) is 1. The van der Waals surface area contributed by atoms with Gasteiger partial charge in [-0.1, -0.05) is 41.9 Å².